The van der Waals surface area contributed by atoms with Crippen molar-refractivity contribution in [2.45, 2.75) is 46.1 Å². The monoisotopic (exact) mass is 368 g/mol. The number of para-hydroxylation sites is 2. The Balaban J connectivity index is 1.62. The summed E-state index contributed by atoms with van der Waals surface area (Å²) in [7, 11) is 0. The van der Waals surface area contributed by atoms with Crippen molar-refractivity contribution in [3.05, 3.63) is 89.7 Å². The van der Waals surface area contributed by atoms with E-state index in [4.69, 9.17) is 4.98 Å². The summed E-state index contributed by atoms with van der Waals surface area (Å²) >= 11 is 0. The van der Waals surface area contributed by atoms with E-state index in [0.29, 0.717) is 0 Å². The maximum Gasteiger partial charge on any atom is 0.110 e. The summed E-state index contributed by atoms with van der Waals surface area (Å²) in [4.78, 5) is 4.92. The van der Waals surface area contributed by atoms with Gasteiger partial charge in [0.25, 0.3) is 0 Å². The molecule has 1 aromatic heterocycles. The first kappa shape index (κ1) is 18.5. The van der Waals surface area contributed by atoms with Crippen LogP contribution in [0.5, 0.6) is 0 Å². The minimum atomic E-state index is 0.871. The molecular weight excluding hydrogens is 340 g/mol. The molecule has 2 nitrogen and oxygen atoms in total. The van der Waals surface area contributed by atoms with Crippen LogP contribution < -0.4 is 0 Å². The van der Waals surface area contributed by atoms with Crippen LogP contribution in [0.1, 0.15) is 43.1 Å². The van der Waals surface area contributed by atoms with E-state index in [2.05, 4.69) is 91.2 Å². The van der Waals surface area contributed by atoms with Crippen molar-refractivity contribution in [1.29, 1.82) is 0 Å². The maximum absolute atomic E-state index is 4.92. The molecular formula is C26H28N2. The summed E-state index contributed by atoms with van der Waals surface area (Å²) in [6.07, 6.45) is 4.74. The molecule has 0 aliphatic rings. The third-order valence-corrected chi connectivity index (χ3v) is 5.49. The van der Waals surface area contributed by atoms with Gasteiger partial charge >= 0.3 is 0 Å². The summed E-state index contributed by atoms with van der Waals surface area (Å²) in [5.41, 5.74) is 7.55. The normalized spacial score (nSPS) is 11.2. The van der Waals surface area contributed by atoms with Crippen LogP contribution in [0.4, 0.5) is 0 Å². The maximum atomic E-state index is 4.92. The third kappa shape index (κ3) is 3.87. The van der Waals surface area contributed by atoms with Crippen LogP contribution in [0, 0.1) is 6.92 Å². The largest absolute Gasteiger partial charge is 0.323 e. The number of imidazole rings is 1. The third-order valence-electron chi connectivity index (χ3n) is 5.49. The summed E-state index contributed by atoms with van der Waals surface area (Å²) in [5, 5.41) is 0. The molecule has 0 spiro atoms. The van der Waals surface area contributed by atoms with E-state index in [1.165, 1.54) is 52.9 Å². The number of benzene rings is 3. The Morgan fingerprint density at radius 1 is 0.821 bits per heavy atom. The van der Waals surface area contributed by atoms with E-state index in [1.54, 1.807) is 0 Å². The fourth-order valence-electron chi connectivity index (χ4n) is 3.89. The van der Waals surface area contributed by atoms with Crippen molar-refractivity contribution in [2.75, 3.05) is 0 Å². The van der Waals surface area contributed by atoms with Crippen molar-refractivity contribution in [1.82, 2.24) is 9.55 Å². The van der Waals surface area contributed by atoms with Crippen LogP contribution in [-0.4, -0.2) is 9.55 Å². The SMILES string of the molecule is CCCCCc1nc2ccccc2n1Cc1ccc(-c2ccccc2C)cc1. The molecule has 0 radical (unpaired) electrons. The zero-order valence-corrected chi connectivity index (χ0v) is 16.9. The highest BCUT2D eigenvalue weighted by Gasteiger charge is 2.11. The lowest BCUT2D eigenvalue weighted by Crippen LogP contribution is -2.05. The van der Waals surface area contributed by atoms with Gasteiger partial charge in [-0.3, -0.25) is 0 Å². The Labute approximate surface area is 167 Å². The molecule has 1 heterocycles. The first-order valence-electron chi connectivity index (χ1n) is 10.4. The molecule has 0 bridgehead atoms. The lowest BCUT2D eigenvalue weighted by atomic mass is 9.99. The molecule has 0 fully saturated rings. The number of hydrogen-bond acceptors (Lipinski definition) is 1. The van der Waals surface area contributed by atoms with E-state index >= 15 is 0 Å². The van der Waals surface area contributed by atoms with Crippen LogP contribution in [0.2, 0.25) is 0 Å². The molecule has 0 N–H and O–H groups in total. The average molecular weight is 369 g/mol. The van der Waals surface area contributed by atoms with Gasteiger partial charge in [-0.05, 0) is 47.7 Å². The van der Waals surface area contributed by atoms with E-state index in [1.807, 2.05) is 0 Å². The van der Waals surface area contributed by atoms with Gasteiger partial charge in [-0.1, -0.05) is 80.4 Å². The highest BCUT2D eigenvalue weighted by Crippen LogP contribution is 2.25. The fourth-order valence-corrected chi connectivity index (χ4v) is 3.89. The Morgan fingerprint density at radius 2 is 1.57 bits per heavy atom. The molecule has 4 rings (SSSR count). The van der Waals surface area contributed by atoms with E-state index in [-0.39, 0.29) is 0 Å². The number of hydrogen-bond donors (Lipinski definition) is 0. The van der Waals surface area contributed by atoms with Gasteiger partial charge < -0.3 is 4.57 Å². The molecule has 4 aromatic rings. The van der Waals surface area contributed by atoms with E-state index in [0.717, 1.165) is 18.5 Å². The standard InChI is InChI=1S/C26H28N2/c1-3-4-5-14-26-27-24-12-8-9-13-25(24)28(26)19-21-15-17-22(18-16-21)23-11-7-6-10-20(23)2/h6-13,15-18H,3-5,14,19H2,1-2H3. The number of nitrogens with zero attached hydrogens (tertiary/aromatic N) is 2. The lowest BCUT2D eigenvalue weighted by Gasteiger charge is -2.11. The Kier molecular flexibility index (Phi) is 5.57. The zero-order valence-electron chi connectivity index (χ0n) is 16.9. The molecule has 142 valence electrons. The quantitative estimate of drug-likeness (QED) is 0.328. The van der Waals surface area contributed by atoms with Crippen molar-refractivity contribution < 1.29 is 0 Å². The van der Waals surface area contributed by atoms with Crippen LogP contribution >= 0.6 is 0 Å². The van der Waals surface area contributed by atoms with Crippen molar-refractivity contribution in [2.24, 2.45) is 0 Å². The second-order valence-corrected chi connectivity index (χ2v) is 7.57. The Bertz CT molecular complexity index is 1060. The Hall–Kier alpha value is -2.87. The van der Waals surface area contributed by atoms with Crippen LogP contribution in [-0.2, 0) is 13.0 Å². The predicted octanol–water partition coefficient (Wildman–Crippen LogP) is 6.79. The molecule has 0 atom stereocenters. The lowest BCUT2D eigenvalue weighted by molar-refractivity contribution is 0.659. The molecule has 0 saturated carbocycles. The van der Waals surface area contributed by atoms with Crippen molar-refractivity contribution in [3.63, 3.8) is 0 Å². The van der Waals surface area contributed by atoms with Gasteiger partial charge in [0.05, 0.1) is 11.0 Å². The molecule has 28 heavy (non-hydrogen) atoms. The number of fused-ring (bicyclic) bond motifs is 1. The first-order chi connectivity index (χ1) is 13.8. The van der Waals surface area contributed by atoms with Gasteiger partial charge in [0.15, 0.2) is 0 Å². The van der Waals surface area contributed by atoms with Gasteiger partial charge in [-0.25, -0.2) is 4.98 Å². The Morgan fingerprint density at radius 3 is 2.36 bits per heavy atom. The summed E-state index contributed by atoms with van der Waals surface area (Å²) in [6, 6.07) is 26.1. The van der Waals surface area contributed by atoms with Crippen LogP contribution in [0.3, 0.4) is 0 Å². The average Bonchev–Trinajstić information content (AvgIpc) is 3.07. The predicted molar refractivity (Wildman–Crippen MR) is 119 cm³/mol. The highest BCUT2D eigenvalue weighted by atomic mass is 15.1. The summed E-state index contributed by atoms with van der Waals surface area (Å²) < 4.78 is 2.40. The van der Waals surface area contributed by atoms with Crippen LogP contribution in [0.15, 0.2) is 72.8 Å². The molecule has 0 unspecified atom stereocenters. The molecule has 0 amide bonds. The fraction of sp³-hybridized carbons (Fsp3) is 0.269. The second kappa shape index (κ2) is 8.43. The molecule has 0 saturated heterocycles. The number of unbranched alkanes of at least 4 members (excludes halogenated alkanes) is 2. The zero-order chi connectivity index (χ0) is 19.3. The first-order valence-corrected chi connectivity index (χ1v) is 10.4. The van der Waals surface area contributed by atoms with Gasteiger partial charge in [0, 0.05) is 13.0 Å². The van der Waals surface area contributed by atoms with Gasteiger partial charge in [-0.2, -0.15) is 0 Å². The van der Waals surface area contributed by atoms with Crippen LogP contribution in [0.25, 0.3) is 22.2 Å². The van der Waals surface area contributed by atoms with Gasteiger partial charge in [-0.15, -0.1) is 0 Å². The molecule has 0 aliphatic carbocycles. The smallest absolute Gasteiger partial charge is 0.110 e. The highest BCUT2D eigenvalue weighted by molar-refractivity contribution is 5.76. The molecule has 2 heteroatoms. The topological polar surface area (TPSA) is 17.8 Å². The summed E-state index contributed by atoms with van der Waals surface area (Å²) in [6.45, 7) is 5.29. The van der Waals surface area contributed by atoms with Gasteiger partial charge in [0.2, 0.25) is 0 Å². The number of rotatable bonds is 7. The number of aromatic nitrogens is 2. The number of aryl methyl sites for hydroxylation is 2. The van der Waals surface area contributed by atoms with E-state index in [9.17, 15) is 0 Å². The van der Waals surface area contributed by atoms with Crippen molar-refractivity contribution in [3.8, 4) is 11.1 Å². The minimum Gasteiger partial charge on any atom is -0.323 e. The molecule has 0 aliphatic heterocycles. The van der Waals surface area contributed by atoms with Crippen molar-refractivity contribution >= 4 is 11.0 Å². The second-order valence-electron chi connectivity index (χ2n) is 7.57. The van der Waals surface area contributed by atoms with Gasteiger partial charge in [0.1, 0.15) is 5.82 Å². The minimum absolute atomic E-state index is 0.871. The van der Waals surface area contributed by atoms with E-state index < -0.39 is 0 Å². The molecule has 3 aromatic carbocycles. The summed E-state index contributed by atoms with van der Waals surface area (Å²) in [5.74, 6) is 1.21.